The number of nitrogens with zero attached hydrogens (tertiary/aromatic N) is 1. The Bertz CT molecular complexity index is 598. The number of nitrogens with one attached hydrogen (secondary N) is 1. The first-order chi connectivity index (χ1) is 10.6. The van der Waals surface area contributed by atoms with Crippen molar-refractivity contribution < 1.29 is 19.1 Å². The van der Waals surface area contributed by atoms with Crippen LogP contribution in [-0.2, 0) is 14.3 Å². The van der Waals surface area contributed by atoms with Gasteiger partial charge in [-0.15, -0.1) is 11.8 Å². The van der Waals surface area contributed by atoms with E-state index in [0.29, 0.717) is 23.6 Å². The fourth-order valence-electron chi connectivity index (χ4n) is 1.80. The number of hydrogen-bond acceptors (Lipinski definition) is 5. The number of carbonyl (C=O) groups is 3. The largest absolute Gasteiger partial charge is 0.462 e. The highest BCUT2D eigenvalue weighted by Gasteiger charge is 2.17. The minimum absolute atomic E-state index is 0.0322. The van der Waals surface area contributed by atoms with Crippen molar-refractivity contribution in [3.05, 3.63) is 41.4 Å². The summed E-state index contributed by atoms with van der Waals surface area (Å²) in [4.78, 5) is 36.4. The van der Waals surface area contributed by atoms with E-state index in [2.05, 4.69) is 5.32 Å². The first kappa shape index (κ1) is 16.1. The second-order valence-electron chi connectivity index (χ2n) is 4.46. The summed E-state index contributed by atoms with van der Waals surface area (Å²) in [7, 11) is 0. The Hall–Kier alpha value is -2.28. The van der Waals surface area contributed by atoms with E-state index in [1.54, 1.807) is 42.8 Å². The molecule has 22 heavy (non-hydrogen) atoms. The van der Waals surface area contributed by atoms with Crippen molar-refractivity contribution in [3.8, 4) is 0 Å². The minimum Gasteiger partial charge on any atom is -0.462 e. The van der Waals surface area contributed by atoms with Crippen LogP contribution < -0.4 is 5.32 Å². The average molecular weight is 320 g/mol. The molecule has 2 rings (SSSR count). The lowest BCUT2D eigenvalue weighted by atomic mass is 10.2. The highest BCUT2D eigenvalue weighted by atomic mass is 32.2. The van der Waals surface area contributed by atoms with Crippen LogP contribution in [0.3, 0.4) is 0 Å². The molecule has 2 amide bonds. The lowest BCUT2D eigenvalue weighted by Gasteiger charge is -2.20. The maximum absolute atomic E-state index is 11.9. The summed E-state index contributed by atoms with van der Waals surface area (Å²) >= 11 is 1.40. The molecule has 0 atom stereocenters. The topological polar surface area (TPSA) is 75.7 Å². The highest BCUT2D eigenvalue weighted by Crippen LogP contribution is 2.13. The fraction of sp³-hybridized carbons (Fsp3) is 0.267. The lowest BCUT2D eigenvalue weighted by molar-refractivity contribution is -0.129. The summed E-state index contributed by atoms with van der Waals surface area (Å²) in [6.07, 6.45) is 1.60. The van der Waals surface area contributed by atoms with E-state index in [9.17, 15) is 14.4 Å². The van der Waals surface area contributed by atoms with E-state index in [1.165, 1.54) is 16.7 Å². The van der Waals surface area contributed by atoms with Gasteiger partial charge in [-0.3, -0.25) is 9.59 Å². The molecule has 0 unspecified atom stereocenters. The van der Waals surface area contributed by atoms with Gasteiger partial charge < -0.3 is 15.0 Å². The number of amides is 2. The molecule has 1 aliphatic heterocycles. The van der Waals surface area contributed by atoms with Gasteiger partial charge in [-0.05, 0) is 36.6 Å². The van der Waals surface area contributed by atoms with E-state index < -0.39 is 5.97 Å². The molecule has 0 radical (unpaired) electrons. The zero-order chi connectivity index (χ0) is 15.9. The van der Waals surface area contributed by atoms with Crippen LogP contribution in [0.2, 0.25) is 0 Å². The number of ether oxygens (including phenoxy) is 1. The zero-order valence-corrected chi connectivity index (χ0v) is 12.9. The Balaban J connectivity index is 1.91. The van der Waals surface area contributed by atoms with E-state index in [0.717, 1.165) is 0 Å². The molecular formula is C15H16N2O4S. The Morgan fingerprint density at radius 1 is 1.32 bits per heavy atom. The summed E-state index contributed by atoms with van der Waals surface area (Å²) < 4.78 is 4.88. The number of hydrogen-bond donors (Lipinski definition) is 1. The van der Waals surface area contributed by atoms with Crippen molar-refractivity contribution in [2.24, 2.45) is 0 Å². The van der Waals surface area contributed by atoms with Gasteiger partial charge in [0, 0.05) is 11.9 Å². The van der Waals surface area contributed by atoms with Crippen LogP contribution >= 0.6 is 11.8 Å². The molecule has 0 bridgehead atoms. The van der Waals surface area contributed by atoms with Gasteiger partial charge in [-0.1, -0.05) is 0 Å². The monoisotopic (exact) mass is 320 g/mol. The summed E-state index contributed by atoms with van der Waals surface area (Å²) in [5.74, 6) is -0.450. The van der Waals surface area contributed by atoms with Crippen molar-refractivity contribution in [2.45, 2.75) is 6.92 Å². The Morgan fingerprint density at radius 2 is 2.05 bits per heavy atom. The van der Waals surface area contributed by atoms with Crippen molar-refractivity contribution in [1.82, 2.24) is 4.90 Å². The van der Waals surface area contributed by atoms with Crippen LogP contribution in [0.25, 0.3) is 0 Å². The third kappa shape index (κ3) is 4.36. The van der Waals surface area contributed by atoms with Crippen molar-refractivity contribution in [3.63, 3.8) is 0 Å². The number of benzene rings is 1. The van der Waals surface area contributed by atoms with Crippen LogP contribution in [0.4, 0.5) is 5.69 Å². The van der Waals surface area contributed by atoms with Crippen LogP contribution in [0.1, 0.15) is 17.3 Å². The number of carbonyl (C=O) groups excluding carboxylic acids is 3. The predicted molar refractivity (Wildman–Crippen MR) is 84.3 cm³/mol. The predicted octanol–water partition coefficient (Wildman–Crippen LogP) is 1.85. The molecule has 1 aromatic carbocycles. The average Bonchev–Trinajstić information content (AvgIpc) is 2.50. The summed E-state index contributed by atoms with van der Waals surface area (Å²) in [5.41, 5.74) is 0.979. The molecule has 1 N–H and O–H groups in total. The summed E-state index contributed by atoms with van der Waals surface area (Å²) in [6, 6.07) is 6.40. The molecule has 0 saturated carbocycles. The standard InChI is InChI=1S/C15H16N2O4S/c1-2-21-15(20)11-3-5-12(6-4-11)16-13(18)9-17-7-8-22-10-14(17)19/h3-8H,2,9-10H2,1H3,(H,16,18). The molecule has 1 aliphatic rings. The van der Waals surface area contributed by atoms with Gasteiger partial charge in [-0.2, -0.15) is 0 Å². The van der Waals surface area contributed by atoms with Crippen LogP contribution in [0.5, 0.6) is 0 Å². The smallest absolute Gasteiger partial charge is 0.338 e. The quantitative estimate of drug-likeness (QED) is 0.838. The third-order valence-corrected chi connectivity index (χ3v) is 3.59. The van der Waals surface area contributed by atoms with E-state index >= 15 is 0 Å². The van der Waals surface area contributed by atoms with E-state index in [-0.39, 0.29) is 18.4 Å². The van der Waals surface area contributed by atoms with Gasteiger partial charge in [-0.25, -0.2) is 4.79 Å². The number of rotatable bonds is 5. The maximum atomic E-state index is 11.9. The van der Waals surface area contributed by atoms with Gasteiger partial charge in [0.15, 0.2) is 0 Å². The van der Waals surface area contributed by atoms with Gasteiger partial charge in [0.05, 0.1) is 17.9 Å². The second kappa shape index (κ2) is 7.65. The Labute approximate surface area is 132 Å². The molecule has 116 valence electrons. The molecule has 0 aliphatic carbocycles. The van der Waals surface area contributed by atoms with Crippen LogP contribution in [0.15, 0.2) is 35.9 Å². The van der Waals surface area contributed by atoms with Crippen LogP contribution in [0, 0.1) is 0 Å². The van der Waals surface area contributed by atoms with Crippen molar-refractivity contribution in [1.29, 1.82) is 0 Å². The normalized spacial score (nSPS) is 13.9. The first-order valence-corrected chi connectivity index (χ1v) is 7.80. The van der Waals surface area contributed by atoms with Gasteiger partial charge in [0.25, 0.3) is 0 Å². The second-order valence-corrected chi connectivity index (χ2v) is 5.36. The molecular weight excluding hydrogens is 304 g/mol. The molecule has 6 nitrogen and oxygen atoms in total. The lowest BCUT2D eigenvalue weighted by Crippen LogP contribution is -2.36. The fourth-order valence-corrected chi connectivity index (χ4v) is 2.44. The number of esters is 1. The van der Waals surface area contributed by atoms with E-state index in [1.807, 2.05) is 0 Å². The molecule has 1 aromatic rings. The Morgan fingerprint density at radius 3 is 2.68 bits per heavy atom. The van der Waals surface area contributed by atoms with Gasteiger partial charge in [0.1, 0.15) is 6.54 Å². The minimum atomic E-state index is -0.401. The van der Waals surface area contributed by atoms with Gasteiger partial charge >= 0.3 is 5.97 Å². The molecule has 0 fully saturated rings. The molecule has 0 spiro atoms. The van der Waals surface area contributed by atoms with E-state index in [4.69, 9.17) is 4.74 Å². The SMILES string of the molecule is CCOC(=O)c1ccc(NC(=O)CN2C=CSCC2=O)cc1. The van der Waals surface area contributed by atoms with Crippen LogP contribution in [-0.4, -0.2) is 41.6 Å². The summed E-state index contributed by atoms with van der Waals surface area (Å²) in [6.45, 7) is 2.02. The highest BCUT2D eigenvalue weighted by molar-refractivity contribution is 8.02. The Kier molecular flexibility index (Phi) is 5.60. The summed E-state index contributed by atoms with van der Waals surface area (Å²) in [5, 5.41) is 4.46. The van der Waals surface area contributed by atoms with Crippen molar-refractivity contribution in [2.75, 3.05) is 24.2 Å². The molecule has 0 saturated heterocycles. The maximum Gasteiger partial charge on any atom is 0.338 e. The molecule has 7 heteroatoms. The molecule has 1 heterocycles. The molecule has 0 aromatic heterocycles. The number of anilines is 1. The van der Waals surface area contributed by atoms with Crippen molar-refractivity contribution >= 4 is 35.2 Å². The first-order valence-electron chi connectivity index (χ1n) is 6.75. The van der Waals surface area contributed by atoms with Gasteiger partial charge in [0.2, 0.25) is 11.8 Å². The zero-order valence-electron chi connectivity index (χ0n) is 12.1. The number of thioether (sulfide) groups is 1. The third-order valence-electron chi connectivity index (χ3n) is 2.86.